The minimum absolute atomic E-state index is 0. The molecule has 1 aliphatic heterocycles. The van der Waals surface area contributed by atoms with Gasteiger partial charge in [0.05, 0.1) is 17.7 Å². The number of nitrogens with zero attached hydrogens (tertiary/aromatic N) is 1. The highest BCUT2D eigenvalue weighted by Crippen LogP contribution is 2.28. The highest BCUT2D eigenvalue weighted by atomic mass is 35.5. The van der Waals surface area contributed by atoms with Crippen molar-refractivity contribution < 1.29 is 19.1 Å². The first-order valence-electron chi connectivity index (χ1n) is 8.82. The van der Waals surface area contributed by atoms with Crippen LogP contribution in [0.1, 0.15) is 20.8 Å². The highest BCUT2D eigenvalue weighted by molar-refractivity contribution is 6.32. The van der Waals surface area contributed by atoms with Gasteiger partial charge >= 0.3 is 0 Å². The molecule has 1 aliphatic rings. The van der Waals surface area contributed by atoms with Crippen molar-refractivity contribution in [3.8, 4) is 5.75 Å². The summed E-state index contributed by atoms with van der Waals surface area (Å²) in [4.78, 5) is 26.0. The van der Waals surface area contributed by atoms with Crippen LogP contribution in [0, 0.1) is 0 Å². The molecule has 7 nitrogen and oxygen atoms in total. The maximum atomic E-state index is 12.4. The molecule has 2 N–H and O–H groups in total. The molecule has 1 saturated heterocycles. The summed E-state index contributed by atoms with van der Waals surface area (Å²) < 4.78 is 11.0. The average Bonchev–Trinajstić information content (AvgIpc) is 2.62. The molecule has 152 valence electrons. The SMILES string of the molecule is CCN(CC)C(=O)COc1ccc(NC(=O)[C@H]2NCCO[C@@H]2C)cc1Cl.Cl. The van der Waals surface area contributed by atoms with Gasteiger partial charge in [-0.15, -0.1) is 12.4 Å². The zero-order valence-electron chi connectivity index (χ0n) is 15.8. The molecular weight excluding hydrogens is 393 g/mol. The lowest BCUT2D eigenvalue weighted by atomic mass is 10.1. The van der Waals surface area contributed by atoms with E-state index in [1.807, 2.05) is 20.8 Å². The number of hydrogen-bond acceptors (Lipinski definition) is 5. The second kappa shape index (κ2) is 11.3. The quantitative estimate of drug-likeness (QED) is 0.708. The molecule has 0 aromatic heterocycles. The molecule has 0 aliphatic carbocycles. The smallest absolute Gasteiger partial charge is 0.260 e. The fourth-order valence-electron chi connectivity index (χ4n) is 2.75. The molecule has 2 atom stereocenters. The lowest BCUT2D eigenvalue weighted by Gasteiger charge is -2.29. The van der Waals surface area contributed by atoms with E-state index in [2.05, 4.69) is 10.6 Å². The predicted octanol–water partition coefficient (Wildman–Crippen LogP) is 2.32. The summed E-state index contributed by atoms with van der Waals surface area (Å²) in [5.74, 6) is 0.122. The molecule has 27 heavy (non-hydrogen) atoms. The number of anilines is 1. The normalized spacial score (nSPS) is 19.0. The van der Waals surface area contributed by atoms with E-state index in [1.54, 1.807) is 23.1 Å². The van der Waals surface area contributed by atoms with Crippen LogP contribution in [0.15, 0.2) is 18.2 Å². The monoisotopic (exact) mass is 419 g/mol. The van der Waals surface area contributed by atoms with E-state index in [1.165, 1.54) is 0 Å². The number of nitrogens with one attached hydrogen (secondary N) is 2. The largest absolute Gasteiger partial charge is 0.482 e. The van der Waals surface area contributed by atoms with E-state index in [4.69, 9.17) is 21.1 Å². The summed E-state index contributed by atoms with van der Waals surface area (Å²) in [7, 11) is 0. The molecule has 0 saturated carbocycles. The van der Waals surface area contributed by atoms with E-state index >= 15 is 0 Å². The number of halogens is 2. The first-order valence-corrected chi connectivity index (χ1v) is 9.20. The zero-order chi connectivity index (χ0) is 19.1. The Kier molecular flexibility index (Phi) is 9.87. The maximum absolute atomic E-state index is 12.4. The van der Waals surface area contributed by atoms with Gasteiger partial charge in [0.25, 0.3) is 5.91 Å². The summed E-state index contributed by atoms with van der Waals surface area (Å²) in [6.07, 6.45) is -0.201. The Morgan fingerprint density at radius 2 is 2.07 bits per heavy atom. The van der Waals surface area contributed by atoms with Gasteiger partial charge in [0.1, 0.15) is 11.8 Å². The molecule has 1 heterocycles. The van der Waals surface area contributed by atoms with Gasteiger partial charge in [-0.2, -0.15) is 0 Å². The van der Waals surface area contributed by atoms with Gasteiger partial charge in [-0.3, -0.25) is 9.59 Å². The molecule has 2 rings (SSSR count). The Hall–Kier alpha value is -1.54. The molecule has 1 aromatic rings. The van der Waals surface area contributed by atoms with Crippen molar-refractivity contribution in [3.63, 3.8) is 0 Å². The number of carbonyl (C=O) groups is 2. The highest BCUT2D eigenvalue weighted by Gasteiger charge is 2.28. The fourth-order valence-corrected chi connectivity index (χ4v) is 2.99. The van der Waals surface area contributed by atoms with Gasteiger partial charge in [-0.1, -0.05) is 11.6 Å². The van der Waals surface area contributed by atoms with Crippen LogP contribution in [0.5, 0.6) is 5.75 Å². The molecule has 0 unspecified atom stereocenters. The van der Waals surface area contributed by atoms with Crippen molar-refractivity contribution in [2.24, 2.45) is 0 Å². The Labute approximate surface area is 171 Å². The van der Waals surface area contributed by atoms with Crippen LogP contribution in [-0.4, -0.2) is 61.7 Å². The summed E-state index contributed by atoms with van der Waals surface area (Å²) in [6, 6.07) is 4.52. The predicted molar refractivity (Wildman–Crippen MR) is 108 cm³/mol. The van der Waals surface area contributed by atoms with Gasteiger partial charge in [-0.05, 0) is 39.0 Å². The van der Waals surface area contributed by atoms with Gasteiger partial charge in [-0.25, -0.2) is 0 Å². The van der Waals surface area contributed by atoms with Gasteiger partial charge < -0.3 is 25.0 Å². The molecule has 9 heteroatoms. The third-order valence-electron chi connectivity index (χ3n) is 4.27. The second-order valence-electron chi connectivity index (χ2n) is 6.00. The van der Waals surface area contributed by atoms with E-state index in [0.29, 0.717) is 42.7 Å². The van der Waals surface area contributed by atoms with Crippen LogP contribution in [0.25, 0.3) is 0 Å². The number of benzene rings is 1. The number of ether oxygens (including phenoxy) is 2. The minimum atomic E-state index is -0.412. The molecule has 0 radical (unpaired) electrons. The summed E-state index contributed by atoms with van der Waals surface area (Å²) in [5.41, 5.74) is 0.557. The number of hydrogen-bond donors (Lipinski definition) is 2. The van der Waals surface area contributed by atoms with E-state index in [-0.39, 0.29) is 36.9 Å². The first-order chi connectivity index (χ1) is 12.5. The molecule has 1 aromatic carbocycles. The van der Waals surface area contributed by atoms with Crippen LogP contribution < -0.4 is 15.4 Å². The number of rotatable bonds is 7. The summed E-state index contributed by atoms with van der Waals surface area (Å²) in [5, 5.41) is 6.28. The minimum Gasteiger partial charge on any atom is -0.482 e. The average molecular weight is 420 g/mol. The molecule has 2 amide bonds. The topological polar surface area (TPSA) is 79.9 Å². The van der Waals surface area contributed by atoms with Gasteiger partial charge in [0.2, 0.25) is 5.91 Å². The third kappa shape index (κ3) is 6.53. The summed E-state index contributed by atoms with van der Waals surface area (Å²) >= 11 is 6.22. The number of likely N-dealkylation sites (N-methyl/N-ethyl adjacent to an activating group) is 1. The van der Waals surface area contributed by atoms with Crippen LogP contribution in [0.4, 0.5) is 5.69 Å². The number of carbonyl (C=O) groups excluding carboxylic acids is 2. The Balaban J connectivity index is 0.00000364. The third-order valence-corrected chi connectivity index (χ3v) is 4.56. The van der Waals surface area contributed by atoms with E-state index in [9.17, 15) is 9.59 Å². The maximum Gasteiger partial charge on any atom is 0.260 e. The van der Waals surface area contributed by atoms with Crippen LogP contribution in [-0.2, 0) is 14.3 Å². The Morgan fingerprint density at radius 3 is 2.67 bits per heavy atom. The molecule has 1 fully saturated rings. The fraction of sp³-hybridized carbons (Fsp3) is 0.556. The first kappa shape index (κ1) is 23.5. The van der Waals surface area contributed by atoms with Crippen LogP contribution in [0.3, 0.4) is 0 Å². The van der Waals surface area contributed by atoms with E-state index in [0.717, 1.165) is 0 Å². The number of amides is 2. The van der Waals surface area contributed by atoms with Gasteiger partial charge in [0, 0.05) is 25.3 Å². The van der Waals surface area contributed by atoms with Crippen LogP contribution >= 0.6 is 24.0 Å². The Morgan fingerprint density at radius 1 is 1.37 bits per heavy atom. The standard InChI is InChI=1S/C18H26ClN3O4.ClH/c1-4-22(5-2)16(23)11-26-15-7-6-13(10-14(15)19)21-18(24)17-12(3)25-9-8-20-17;/h6-7,10,12,17,20H,4-5,8-9,11H2,1-3H3,(H,21,24);1H/t12-,17+;/m1./s1. The molecule has 0 bridgehead atoms. The van der Waals surface area contributed by atoms with Crippen LogP contribution in [0.2, 0.25) is 5.02 Å². The van der Waals surface area contributed by atoms with Crippen molar-refractivity contribution in [1.82, 2.24) is 10.2 Å². The lowest BCUT2D eigenvalue weighted by molar-refractivity contribution is -0.133. The molecular formula is C18H27Cl2N3O4. The van der Waals surface area contributed by atoms with E-state index < -0.39 is 6.04 Å². The summed E-state index contributed by atoms with van der Waals surface area (Å²) in [6.45, 7) is 8.11. The zero-order valence-corrected chi connectivity index (χ0v) is 17.4. The van der Waals surface area contributed by atoms with Crippen molar-refractivity contribution in [1.29, 1.82) is 0 Å². The van der Waals surface area contributed by atoms with Crippen molar-refractivity contribution in [2.45, 2.75) is 32.9 Å². The lowest BCUT2D eigenvalue weighted by Crippen LogP contribution is -2.53. The van der Waals surface area contributed by atoms with Crippen molar-refractivity contribution in [3.05, 3.63) is 23.2 Å². The molecule has 0 spiro atoms. The van der Waals surface area contributed by atoms with Crippen molar-refractivity contribution >= 4 is 41.5 Å². The second-order valence-corrected chi connectivity index (χ2v) is 6.40. The Bertz CT molecular complexity index is 641. The number of morpholine rings is 1. The van der Waals surface area contributed by atoms with Crippen molar-refractivity contribution in [2.75, 3.05) is 38.2 Å². The van der Waals surface area contributed by atoms with Gasteiger partial charge in [0.15, 0.2) is 6.61 Å².